The van der Waals surface area contributed by atoms with Crippen molar-refractivity contribution in [2.75, 3.05) is 10.0 Å². The molecule has 0 fully saturated rings. The predicted octanol–water partition coefficient (Wildman–Crippen LogP) is 4.52. The van der Waals surface area contributed by atoms with Crippen LogP contribution >= 0.6 is 0 Å². The molecule has 1 amide bonds. The highest BCUT2D eigenvalue weighted by molar-refractivity contribution is 7.92. The molecule has 0 atom stereocenters. The van der Waals surface area contributed by atoms with Crippen LogP contribution in [0, 0.1) is 6.92 Å². The van der Waals surface area contributed by atoms with Crippen LogP contribution in [0.5, 0.6) is 5.75 Å². The summed E-state index contributed by atoms with van der Waals surface area (Å²) in [6.07, 6.45) is 0. The van der Waals surface area contributed by atoms with Gasteiger partial charge in [0.15, 0.2) is 5.75 Å². The molecule has 0 aliphatic rings. The van der Waals surface area contributed by atoms with Crippen molar-refractivity contribution in [3.8, 4) is 5.75 Å². The van der Waals surface area contributed by atoms with Crippen LogP contribution in [0.4, 0.5) is 22.7 Å². The fourth-order valence-electron chi connectivity index (χ4n) is 3.92. The van der Waals surface area contributed by atoms with E-state index in [1.54, 1.807) is 19.1 Å². The molecule has 0 bridgehead atoms. The zero-order valence-corrected chi connectivity index (χ0v) is 24.1. The van der Waals surface area contributed by atoms with E-state index in [1.807, 2.05) is 0 Å². The quantitative estimate of drug-likeness (QED) is 0.134. The number of aryl methyl sites for hydroxylation is 1. The first-order valence-electron chi connectivity index (χ1n) is 11.6. The topological polar surface area (TPSA) is 229 Å². The zero-order valence-electron chi connectivity index (χ0n) is 21.7. The van der Waals surface area contributed by atoms with Crippen molar-refractivity contribution in [1.82, 2.24) is 0 Å². The predicted molar refractivity (Wildman–Crippen MR) is 152 cm³/mol. The molecule has 0 aliphatic carbocycles. The highest BCUT2D eigenvalue weighted by Gasteiger charge is 2.26. The zero-order chi connectivity index (χ0) is 31.0. The summed E-state index contributed by atoms with van der Waals surface area (Å²) < 4.78 is 95.7. The van der Waals surface area contributed by atoms with Crippen molar-refractivity contribution in [2.45, 2.75) is 28.5 Å². The first-order valence-corrected chi connectivity index (χ1v) is 16.0. The van der Waals surface area contributed by atoms with Gasteiger partial charge in [-0.2, -0.15) is 16.8 Å². The number of carbonyl (C=O) groups excluding carboxylic acids is 1. The standard InChI is InChI=1S/C25H22N4O10S3/c1-14-8-9-19(20(10-14)29-40(32,33)17-6-4-3-5-7-17)27-28-24-22(42(37,38)39)12-16-11-18(41(34,35)36)13-21(26-15(2)30)23(16)25(24)31/h3-13,29,31H,1-2H3,(H,26,30)(H,34,35,36)(H,37,38,39). The second-order valence-corrected chi connectivity index (χ2v) is 13.4. The second kappa shape index (κ2) is 11.1. The Morgan fingerprint density at radius 2 is 1.45 bits per heavy atom. The van der Waals surface area contributed by atoms with Gasteiger partial charge in [0.1, 0.15) is 16.3 Å². The molecule has 4 aromatic rings. The average molecular weight is 635 g/mol. The molecule has 0 saturated heterocycles. The van der Waals surface area contributed by atoms with Gasteiger partial charge in [-0.1, -0.05) is 24.3 Å². The lowest BCUT2D eigenvalue weighted by molar-refractivity contribution is -0.114. The number of phenolic OH excluding ortho intramolecular Hbond substituents is 1. The summed E-state index contributed by atoms with van der Waals surface area (Å²) in [5, 5.41) is 20.5. The van der Waals surface area contributed by atoms with Gasteiger partial charge in [0.2, 0.25) is 5.91 Å². The van der Waals surface area contributed by atoms with E-state index in [9.17, 15) is 44.3 Å². The molecule has 0 unspecified atom stereocenters. The van der Waals surface area contributed by atoms with Crippen LogP contribution in [-0.4, -0.2) is 45.4 Å². The molecule has 14 nitrogen and oxygen atoms in total. The molecule has 17 heteroatoms. The van der Waals surface area contributed by atoms with E-state index in [4.69, 9.17) is 0 Å². The Kier molecular flexibility index (Phi) is 8.07. The number of hydrogen-bond donors (Lipinski definition) is 5. The average Bonchev–Trinajstić information content (AvgIpc) is 2.87. The largest absolute Gasteiger partial charge is 0.505 e. The molecule has 220 valence electrons. The maximum atomic E-state index is 12.9. The number of sulfonamides is 1. The maximum Gasteiger partial charge on any atom is 0.296 e. The van der Waals surface area contributed by atoms with Crippen molar-refractivity contribution in [2.24, 2.45) is 10.2 Å². The maximum absolute atomic E-state index is 12.9. The molecular weight excluding hydrogens is 612 g/mol. The Morgan fingerprint density at radius 3 is 2.05 bits per heavy atom. The van der Waals surface area contributed by atoms with Crippen LogP contribution in [-0.2, 0) is 35.1 Å². The lowest BCUT2D eigenvalue weighted by Crippen LogP contribution is -2.13. The highest BCUT2D eigenvalue weighted by Crippen LogP contribution is 2.45. The van der Waals surface area contributed by atoms with E-state index in [-0.39, 0.29) is 32.7 Å². The molecule has 0 spiro atoms. The van der Waals surface area contributed by atoms with Crippen LogP contribution in [0.2, 0.25) is 0 Å². The van der Waals surface area contributed by atoms with Gasteiger partial charge >= 0.3 is 0 Å². The number of hydrogen-bond acceptors (Lipinski definition) is 10. The van der Waals surface area contributed by atoms with E-state index < -0.39 is 57.4 Å². The molecule has 0 aromatic heterocycles. The van der Waals surface area contributed by atoms with Crippen LogP contribution in [0.15, 0.2) is 91.6 Å². The third-order valence-corrected chi connectivity index (χ3v) is 8.80. The second-order valence-electron chi connectivity index (χ2n) is 8.91. The lowest BCUT2D eigenvalue weighted by Gasteiger charge is -2.14. The van der Waals surface area contributed by atoms with Crippen molar-refractivity contribution < 1.29 is 44.3 Å². The number of fused-ring (bicyclic) bond motifs is 1. The summed E-state index contributed by atoms with van der Waals surface area (Å²) in [7, 11) is -14.1. The van der Waals surface area contributed by atoms with Gasteiger partial charge in [-0.25, -0.2) is 8.42 Å². The highest BCUT2D eigenvalue weighted by atomic mass is 32.2. The van der Waals surface area contributed by atoms with E-state index in [0.29, 0.717) is 5.56 Å². The minimum atomic E-state index is -5.14. The van der Waals surface area contributed by atoms with Crippen LogP contribution in [0.3, 0.4) is 0 Å². The number of phenols is 1. The van der Waals surface area contributed by atoms with E-state index in [2.05, 4.69) is 20.3 Å². The summed E-state index contributed by atoms with van der Waals surface area (Å²) in [5.41, 5.74) is -0.678. The molecule has 0 saturated carbocycles. The van der Waals surface area contributed by atoms with Gasteiger partial charge in [-0.15, -0.1) is 10.2 Å². The number of azo groups is 1. The van der Waals surface area contributed by atoms with Crippen molar-refractivity contribution >= 4 is 69.7 Å². The van der Waals surface area contributed by atoms with Crippen LogP contribution < -0.4 is 10.0 Å². The molecule has 4 aromatic carbocycles. The SMILES string of the molecule is CC(=O)Nc1cc(S(=O)(=O)O)cc2cc(S(=O)(=O)O)c(N=Nc3ccc(C)cc3NS(=O)(=O)c3ccccc3)c(O)c12. The number of nitrogens with zero attached hydrogens (tertiary/aromatic N) is 2. The number of rotatable bonds is 8. The van der Waals surface area contributed by atoms with Gasteiger partial charge in [0, 0.05) is 12.3 Å². The van der Waals surface area contributed by atoms with E-state index in [0.717, 1.165) is 25.1 Å². The summed E-state index contributed by atoms with van der Waals surface area (Å²) in [6, 6.07) is 14.2. The first kappa shape index (κ1) is 30.5. The Labute approximate surface area is 240 Å². The fourth-order valence-corrected chi connectivity index (χ4v) is 6.20. The number of nitrogens with one attached hydrogen (secondary N) is 2. The first-order chi connectivity index (χ1) is 19.5. The Morgan fingerprint density at radius 1 is 0.786 bits per heavy atom. The summed E-state index contributed by atoms with van der Waals surface area (Å²) in [6.45, 7) is 2.75. The van der Waals surface area contributed by atoms with Gasteiger partial charge in [-0.05, 0) is 60.3 Å². The lowest BCUT2D eigenvalue weighted by atomic mass is 10.1. The molecule has 4 rings (SSSR count). The van der Waals surface area contributed by atoms with Gasteiger partial charge in [-0.3, -0.25) is 18.6 Å². The van der Waals surface area contributed by atoms with E-state index in [1.165, 1.54) is 36.4 Å². The normalized spacial score (nSPS) is 12.5. The summed E-state index contributed by atoms with van der Waals surface area (Å²) in [4.78, 5) is 9.99. The Bertz CT molecular complexity index is 2100. The molecule has 5 N–H and O–H groups in total. The van der Waals surface area contributed by atoms with Gasteiger partial charge in [0.05, 0.1) is 21.2 Å². The molecule has 0 heterocycles. The third-order valence-electron chi connectivity index (χ3n) is 5.72. The number of benzene rings is 4. The third kappa shape index (κ3) is 6.55. The van der Waals surface area contributed by atoms with Gasteiger partial charge in [0.25, 0.3) is 30.3 Å². The minimum absolute atomic E-state index is 0.0481. The smallest absolute Gasteiger partial charge is 0.296 e. The van der Waals surface area contributed by atoms with Crippen molar-refractivity contribution in [3.63, 3.8) is 0 Å². The number of aromatic hydroxyl groups is 1. The monoisotopic (exact) mass is 634 g/mol. The minimum Gasteiger partial charge on any atom is -0.505 e. The fraction of sp³-hybridized carbons (Fsp3) is 0.0800. The van der Waals surface area contributed by atoms with E-state index >= 15 is 0 Å². The summed E-state index contributed by atoms with van der Waals surface area (Å²) in [5.74, 6) is -1.65. The van der Waals surface area contributed by atoms with Gasteiger partial charge < -0.3 is 10.4 Å². The molecule has 0 aliphatic heterocycles. The van der Waals surface area contributed by atoms with Crippen molar-refractivity contribution in [1.29, 1.82) is 0 Å². The molecule has 42 heavy (non-hydrogen) atoms. The Balaban J connectivity index is 1.94. The van der Waals surface area contributed by atoms with Crippen LogP contribution in [0.1, 0.15) is 12.5 Å². The number of amides is 1. The van der Waals surface area contributed by atoms with Crippen molar-refractivity contribution in [3.05, 3.63) is 72.3 Å². The molecule has 0 radical (unpaired) electrons. The van der Waals surface area contributed by atoms with Crippen LogP contribution in [0.25, 0.3) is 10.8 Å². The Hall–Kier alpha value is -4.42. The summed E-state index contributed by atoms with van der Waals surface area (Å²) >= 11 is 0. The number of anilines is 2. The number of carbonyl (C=O) groups is 1. The molecular formula is C25H22N4O10S3.